The molecule has 7 nitrogen and oxygen atoms in total. The number of hydrogen-bond acceptors (Lipinski definition) is 5. The van der Waals surface area contributed by atoms with Crippen LogP contribution >= 0.6 is 0 Å². The first-order valence-electron chi connectivity index (χ1n) is 9.53. The van der Waals surface area contributed by atoms with Crippen LogP contribution in [0.3, 0.4) is 0 Å². The van der Waals surface area contributed by atoms with Crippen LogP contribution in [-0.4, -0.2) is 28.6 Å². The van der Waals surface area contributed by atoms with E-state index in [1.807, 2.05) is 6.92 Å². The van der Waals surface area contributed by atoms with Crippen molar-refractivity contribution in [2.24, 2.45) is 0 Å². The molecule has 0 spiro atoms. The molecule has 0 radical (unpaired) electrons. The number of carboxylic acids is 1. The number of nitrogens with one attached hydrogen (secondary N) is 1. The summed E-state index contributed by atoms with van der Waals surface area (Å²) in [6, 6.07) is 16.8. The first-order chi connectivity index (χ1) is 14.9. The number of hydrogen-bond donors (Lipinski definition) is 2. The van der Waals surface area contributed by atoms with Gasteiger partial charge in [0, 0.05) is 12.3 Å². The Kier molecular flexibility index (Phi) is 7.01. The van der Waals surface area contributed by atoms with Crippen molar-refractivity contribution >= 4 is 17.6 Å². The van der Waals surface area contributed by atoms with Crippen LogP contribution in [0.15, 0.2) is 79.0 Å². The number of para-hydroxylation sites is 1. The van der Waals surface area contributed by atoms with Gasteiger partial charge in [0.1, 0.15) is 18.1 Å². The minimum Gasteiger partial charge on any atom is -0.489 e. The predicted octanol–water partition coefficient (Wildman–Crippen LogP) is 4.71. The summed E-state index contributed by atoms with van der Waals surface area (Å²) in [6.45, 7) is 6.14. The summed E-state index contributed by atoms with van der Waals surface area (Å²) in [4.78, 5) is 27.7. The third kappa shape index (κ3) is 6.43. The van der Waals surface area contributed by atoms with E-state index < -0.39 is 5.97 Å². The lowest BCUT2D eigenvalue weighted by Gasteiger charge is -2.09. The number of rotatable bonds is 9. The van der Waals surface area contributed by atoms with Gasteiger partial charge in [-0.1, -0.05) is 24.8 Å². The molecule has 0 atom stereocenters. The van der Waals surface area contributed by atoms with Crippen molar-refractivity contribution in [3.8, 4) is 17.4 Å². The number of pyridine rings is 1. The lowest BCUT2D eigenvalue weighted by molar-refractivity contribution is -0.115. The van der Waals surface area contributed by atoms with Gasteiger partial charge in [0.2, 0.25) is 11.8 Å². The maximum atomic E-state index is 12.3. The van der Waals surface area contributed by atoms with Gasteiger partial charge >= 0.3 is 5.97 Å². The third-order valence-electron chi connectivity index (χ3n) is 4.13. The maximum absolute atomic E-state index is 12.3. The van der Waals surface area contributed by atoms with E-state index in [0.29, 0.717) is 29.5 Å². The summed E-state index contributed by atoms with van der Waals surface area (Å²) in [7, 11) is 0. The molecule has 3 aromatic rings. The molecule has 0 saturated carbocycles. The monoisotopic (exact) mass is 418 g/mol. The van der Waals surface area contributed by atoms with E-state index in [-0.39, 0.29) is 23.6 Å². The molecule has 0 fully saturated rings. The van der Waals surface area contributed by atoms with Crippen molar-refractivity contribution < 1.29 is 24.2 Å². The number of aromatic nitrogens is 1. The quantitative estimate of drug-likeness (QED) is 0.489. The van der Waals surface area contributed by atoms with Crippen molar-refractivity contribution in [3.05, 3.63) is 90.1 Å². The number of benzene rings is 2. The Labute approximate surface area is 180 Å². The molecule has 2 N–H and O–H groups in total. The Balaban J connectivity index is 1.56. The molecular weight excluding hydrogens is 396 g/mol. The first kappa shape index (κ1) is 21.6. The first-order valence-corrected chi connectivity index (χ1v) is 9.53. The van der Waals surface area contributed by atoms with Gasteiger partial charge in [0.05, 0.1) is 17.7 Å². The number of amides is 1. The molecule has 3 rings (SSSR count). The van der Waals surface area contributed by atoms with Crippen LogP contribution in [0.1, 0.15) is 22.8 Å². The highest BCUT2D eigenvalue weighted by Gasteiger charge is 2.12. The number of carbonyl (C=O) groups excluding carboxylic acids is 1. The van der Waals surface area contributed by atoms with Crippen molar-refractivity contribution in [2.75, 3.05) is 11.9 Å². The zero-order valence-corrected chi connectivity index (χ0v) is 17.0. The molecule has 158 valence electrons. The minimum atomic E-state index is -1.10. The van der Waals surface area contributed by atoms with Crippen LogP contribution in [0, 0.1) is 0 Å². The third-order valence-corrected chi connectivity index (χ3v) is 4.13. The number of carbonyl (C=O) groups is 2. The SMILES string of the molecule is C=C(C)COc1ccc(Oc2ccc(CC(=O)Nc3ccccc3C(=O)O)cn2)cc1. The number of anilines is 1. The number of carboxylic acid groups (broad SMARTS) is 1. The highest BCUT2D eigenvalue weighted by Crippen LogP contribution is 2.23. The Hall–Kier alpha value is -4.13. The lowest BCUT2D eigenvalue weighted by atomic mass is 10.1. The summed E-state index contributed by atoms with van der Waals surface area (Å²) in [5.41, 5.74) is 1.89. The van der Waals surface area contributed by atoms with Gasteiger partial charge in [-0.25, -0.2) is 9.78 Å². The molecule has 0 unspecified atom stereocenters. The van der Waals surface area contributed by atoms with Gasteiger partial charge in [-0.15, -0.1) is 0 Å². The molecule has 2 aromatic carbocycles. The molecule has 1 amide bonds. The Bertz CT molecular complexity index is 1080. The topological polar surface area (TPSA) is 97.8 Å². The maximum Gasteiger partial charge on any atom is 0.337 e. The van der Waals surface area contributed by atoms with E-state index in [1.165, 1.54) is 6.07 Å². The lowest BCUT2D eigenvalue weighted by Crippen LogP contribution is -2.16. The largest absolute Gasteiger partial charge is 0.489 e. The summed E-state index contributed by atoms with van der Waals surface area (Å²) in [6.07, 6.45) is 1.60. The van der Waals surface area contributed by atoms with Crippen LogP contribution in [0.5, 0.6) is 17.4 Å². The fraction of sp³-hybridized carbons (Fsp3) is 0.125. The molecule has 0 saturated heterocycles. The van der Waals surface area contributed by atoms with E-state index in [2.05, 4.69) is 16.9 Å². The normalized spacial score (nSPS) is 10.2. The van der Waals surface area contributed by atoms with Gasteiger partial charge in [0.15, 0.2) is 0 Å². The van der Waals surface area contributed by atoms with Crippen LogP contribution in [0.2, 0.25) is 0 Å². The van der Waals surface area contributed by atoms with E-state index in [0.717, 1.165) is 5.57 Å². The van der Waals surface area contributed by atoms with Crippen molar-refractivity contribution in [1.82, 2.24) is 4.98 Å². The van der Waals surface area contributed by atoms with Crippen LogP contribution < -0.4 is 14.8 Å². The van der Waals surface area contributed by atoms with Crippen molar-refractivity contribution in [1.29, 1.82) is 0 Å². The molecule has 0 bridgehead atoms. The number of aromatic carboxylic acids is 1. The fourth-order valence-electron chi connectivity index (χ4n) is 2.67. The summed E-state index contributed by atoms with van der Waals surface area (Å²) >= 11 is 0. The molecule has 0 aliphatic carbocycles. The van der Waals surface area contributed by atoms with Crippen LogP contribution in [0.4, 0.5) is 5.69 Å². The molecular formula is C24H22N2O5. The Morgan fingerprint density at radius 2 is 1.74 bits per heavy atom. The van der Waals surface area contributed by atoms with Gasteiger partial charge in [-0.3, -0.25) is 4.79 Å². The van der Waals surface area contributed by atoms with Crippen molar-refractivity contribution in [2.45, 2.75) is 13.3 Å². The molecule has 1 heterocycles. The highest BCUT2D eigenvalue weighted by molar-refractivity contribution is 6.00. The fourth-order valence-corrected chi connectivity index (χ4v) is 2.67. The average molecular weight is 418 g/mol. The average Bonchev–Trinajstić information content (AvgIpc) is 2.75. The second-order valence-electron chi connectivity index (χ2n) is 6.90. The number of nitrogens with zero attached hydrogens (tertiary/aromatic N) is 1. The van der Waals surface area contributed by atoms with Gasteiger partial charge in [-0.05, 0) is 54.5 Å². The van der Waals surface area contributed by atoms with Gasteiger partial charge in [-0.2, -0.15) is 0 Å². The van der Waals surface area contributed by atoms with Crippen molar-refractivity contribution in [3.63, 3.8) is 0 Å². The number of ether oxygens (including phenoxy) is 2. The van der Waals surface area contributed by atoms with E-state index in [1.54, 1.807) is 60.8 Å². The Morgan fingerprint density at radius 1 is 1.03 bits per heavy atom. The highest BCUT2D eigenvalue weighted by atomic mass is 16.5. The minimum absolute atomic E-state index is 0.0359. The van der Waals surface area contributed by atoms with E-state index in [9.17, 15) is 14.7 Å². The van der Waals surface area contributed by atoms with Gasteiger partial charge in [0.25, 0.3) is 0 Å². The molecule has 7 heteroatoms. The predicted molar refractivity (Wildman–Crippen MR) is 117 cm³/mol. The molecule has 1 aromatic heterocycles. The molecule has 0 aliphatic rings. The second kappa shape index (κ2) is 10.1. The molecule has 0 aliphatic heterocycles. The smallest absolute Gasteiger partial charge is 0.337 e. The van der Waals surface area contributed by atoms with E-state index in [4.69, 9.17) is 9.47 Å². The van der Waals surface area contributed by atoms with Crippen LogP contribution in [-0.2, 0) is 11.2 Å². The van der Waals surface area contributed by atoms with Crippen LogP contribution in [0.25, 0.3) is 0 Å². The van der Waals surface area contributed by atoms with E-state index >= 15 is 0 Å². The standard InChI is InChI=1S/C24H22N2O5/c1-16(2)15-30-18-8-10-19(11-9-18)31-23-12-7-17(14-25-23)13-22(27)26-21-6-4-3-5-20(21)24(28)29/h3-12,14H,1,13,15H2,2H3,(H,26,27)(H,28,29). The zero-order chi connectivity index (χ0) is 22.2. The van der Waals surface area contributed by atoms with Gasteiger partial charge < -0.3 is 19.9 Å². The summed E-state index contributed by atoms with van der Waals surface area (Å²) in [5.74, 6) is 0.264. The molecule has 31 heavy (non-hydrogen) atoms. The zero-order valence-electron chi connectivity index (χ0n) is 17.0. The second-order valence-corrected chi connectivity index (χ2v) is 6.90. The summed E-state index contributed by atoms with van der Waals surface area (Å²) < 4.78 is 11.3. The summed E-state index contributed by atoms with van der Waals surface area (Å²) in [5, 5.41) is 11.8. The Morgan fingerprint density at radius 3 is 2.39 bits per heavy atom.